The summed E-state index contributed by atoms with van der Waals surface area (Å²) in [6.45, 7) is 0.327. The molecule has 0 radical (unpaired) electrons. The summed E-state index contributed by atoms with van der Waals surface area (Å²) in [4.78, 5) is 0. The van der Waals surface area contributed by atoms with Crippen LogP contribution in [0.1, 0.15) is 19.3 Å². The standard InChI is InChI=1S/C5H12OS/c6-4-2-1-3-5-7/h6-7H,1-5H2. The van der Waals surface area contributed by atoms with Gasteiger partial charge in [0.2, 0.25) is 0 Å². The topological polar surface area (TPSA) is 20.2 Å². The minimum absolute atomic E-state index is 0.327. The van der Waals surface area contributed by atoms with Gasteiger partial charge in [0.05, 0.1) is 0 Å². The van der Waals surface area contributed by atoms with Gasteiger partial charge in [0, 0.05) is 6.61 Å². The number of unbranched alkanes of at least 4 members (excludes halogenated alkanes) is 2. The van der Waals surface area contributed by atoms with Crippen molar-refractivity contribution in [1.82, 2.24) is 0 Å². The molecule has 44 valence electrons. The van der Waals surface area contributed by atoms with Crippen molar-refractivity contribution in [1.29, 1.82) is 0 Å². The number of hydrogen-bond acceptors (Lipinski definition) is 2. The molecule has 0 aromatic rings. The summed E-state index contributed by atoms with van der Waals surface area (Å²) < 4.78 is 0. The second kappa shape index (κ2) is 6.31. The quantitative estimate of drug-likeness (QED) is 0.420. The van der Waals surface area contributed by atoms with E-state index < -0.39 is 0 Å². The lowest BCUT2D eigenvalue weighted by Crippen LogP contribution is -1.82. The normalized spacial score (nSPS) is 9.43. The van der Waals surface area contributed by atoms with Crippen molar-refractivity contribution >= 4 is 12.6 Å². The Balaban J connectivity index is 2.45. The molecule has 0 heterocycles. The average molecular weight is 120 g/mol. The van der Waals surface area contributed by atoms with E-state index in [4.69, 9.17) is 5.11 Å². The van der Waals surface area contributed by atoms with Crippen LogP contribution in [0, 0.1) is 0 Å². The molecule has 0 spiro atoms. The smallest absolute Gasteiger partial charge is 0.0431 e. The van der Waals surface area contributed by atoms with Gasteiger partial charge in [-0.05, 0) is 18.6 Å². The zero-order valence-electron chi connectivity index (χ0n) is 4.43. The second-order valence-electron chi connectivity index (χ2n) is 1.51. The fourth-order valence-corrected chi connectivity index (χ4v) is 0.624. The van der Waals surface area contributed by atoms with Gasteiger partial charge in [-0.2, -0.15) is 12.6 Å². The van der Waals surface area contributed by atoms with Gasteiger partial charge in [-0.15, -0.1) is 0 Å². The van der Waals surface area contributed by atoms with Crippen molar-refractivity contribution in [2.75, 3.05) is 12.4 Å². The van der Waals surface area contributed by atoms with Crippen molar-refractivity contribution in [2.24, 2.45) is 0 Å². The molecule has 0 amide bonds. The highest BCUT2D eigenvalue weighted by molar-refractivity contribution is 7.80. The molecule has 0 aliphatic carbocycles. The molecule has 0 saturated heterocycles. The Morgan fingerprint density at radius 3 is 2.29 bits per heavy atom. The zero-order valence-corrected chi connectivity index (χ0v) is 5.32. The maximum atomic E-state index is 8.27. The maximum Gasteiger partial charge on any atom is 0.0431 e. The molecule has 2 heteroatoms. The third-order valence-corrected chi connectivity index (χ3v) is 1.13. The fourth-order valence-electron chi connectivity index (χ4n) is 0.400. The van der Waals surface area contributed by atoms with Gasteiger partial charge in [-0.3, -0.25) is 0 Å². The predicted octanol–water partition coefficient (Wildman–Crippen LogP) is 1.08. The van der Waals surface area contributed by atoms with Crippen molar-refractivity contribution in [3.63, 3.8) is 0 Å². The van der Waals surface area contributed by atoms with Crippen LogP contribution in [0.15, 0.2) is 0 Å². The molecule has 0 aromatic carbocycles. The molecule has 0 saturated carbocycles. The van der Waals surface area contributed by atoms with Crippen LogP contribution in [0.2, 0.25) is 0 Å². The minimum Gasteiger partial charge on any atom is -0.396 e. The Bertz CT molecular complexity index is 27.3. The van der Waals surface area contributed by atoms with E-state index >= 15 is 0 Å². The molecular weight excluding hydrogens is 108 g/mol. The third-order valence-electron chi connectivity index (χ3n) is 0.816. The van der Waals surface area contributed by atoms with Crippen LogP contribution in [0.5, 0.6) is 0 Å². The lowest BCUT2D eigenvalue weighted by Gasteiger charge is -1.90. The van der Waals surface area contributed by atoms with Crippen LogP contribution in [0.3, 0.4) is 0 Å². The number of hydrogen-bond donors (Lipinski definition) is 2. The fraction of sp³-hybridized carbons (Fsp3) is 1.00. The Labute approximate surface area is 50.1 Å². The minimum atomic E-state index is 0.327. The lowest BCUT2D eigenvalue weighted by molar-refractivity contribution is 0.284. The highest BCUT2D eigenvalue weighted by Crippen LogP contribution is 1.94. The molecule has 0 aliphatic rings. The summed E-state index contributed by atoms with van der Waals surface area (Å²) in [5.41, 5.74) is 0. The molecule has 1 N–H and O–H groups in total. The molecular formula is C5H12OS. The highest BCUT2D eigenvalue weighted by atomic mass is 32.1. The number of thiol groups is 1. The van der Waals surface area contributed by atoms with Crippen LogP contribution >= 0.6 is 12.6 Å². The monoisotopic (exact) mass is 120 g/mol. The Morgan fingerprint density at radius 2 is 1.86 bits per heavy atom. The van der Waals surface area contributed by atoms with Crippen molar-refractivity contribution < 1.29 is 5.11 Å². The van der Waals surface area contributed by atoms with E-state index in [0.29, 0.717) is 6.61 Å². The summed E-state index contributed by atoms with van der Waals surface area (Å²) in [5.74, 6) is 0.944. The van der Waals surface area contributed by atoms with Crippen molar-refractivity contribution in [3.05, 3.63) is 0 Å². The summed E-state index contributed by atoms with van der Waals surface area (Å²) in [6.07, 6.45) is 3.17. The van der Waals surface area contributed by atoms with Gasteiger partial charge in [-0.25, -0.2) is 0 Å². The number of rotatable bonds is 4. The molecule has 0 rings (SSSR count). The van der Waals surface area contributed by atoms with Crippen LogP contribution < -0.4 is 0 Å². The van der Waals surface area contributed by atoms with Crippen LogP contribution in [-0.4, -0.2) is 17.5 Å². The van der Waals surface area contributed by atoms with E-state index in [0.717, 1.165) is 25.0 Å². The SMILES string of the molecule is OCCCCCS. The third kappa shape index (κ3) is 6.31. The molecule has 1 nitrogen and oxygen atoms in total. The first-order chi connectivity index (χ1) is 3.41. The van der Waals surface area contributed by atoms with E-state index in [-0.39, 0.29) is 0 Å². The van der Waals surface area contributed by atoms with Crippen molar-refractivity contribution in [3.8, 4) is 0 Å². The van der Waals surface area contributed by atoms with Gasteiger partial charge in [0.1, 0.15) is 0 Å². The number of aliphatic hydroxyl groups is 1. The highest BCUT2D eigenvalue weighted by Gasteiger charge is 1.81. The Kier molecular flexibility index (Phi) is 6.59. The predicted molar refractivity (Wildman–Crippen MR) is 34.8 cm³/mol. The Hall–Kier alpha value is 0.310. The average Bonchev–Trinajstić information content (AvgIpc) is 1.69. The Morgan fingerprint density at radius 1 is 1.14 bits per heavy atom. The maximum absolute atomic E-state index is 8.27. The van der Waals surface area contributed by atoms with E-state index in [2.05, 4.69) is 12.6 Å². The largest absolute Gasteiger partial charge is 0.396 e. The van der Waals surface area contributed by atoms with Gasteiger partial charge in [-0.1, -0.05) is 6.42 Å². The zero-order chi connectivity index (χ0) is 5.54. The van der Waals surface area contributed by atoms with Gasteiger partial charge >= 0.3 is 0 Å². The van der Waals surface area contributed by atoms with Crippen LogP contribution in [-0.2, 0) is 0 Å². The lowest BCUT2D eigenvalue weighted by atomic mass is 10.3. The first-order valence-electron chi connectivity index (χ1n) is 2.63. The summed E-state index contributed by atoms with van der Waals surface area (Å²) >= 11 is 4.01. The van der Waals surface area contributed by atoms with Gasteiger partial charge < -0.3 is 5.11 Å². The molecule has 0 atom stereocenters. The van der Waals surface area contributed by atoms with Crippen LogP contribution in [0.25, 0.3) is 0 Å². The molecule has 7 heavy (non-hydrogen) atoms. The summed E-state index contributed by atoms with van der Waals surface area (Å²) in [7, 11) is 0. The van der Waals surface area contributed by atoms with Gasteiger partial charge in [0.15, 0.2) is 0 Å². The first kappa shape index (κ1) is 7.31. The summed E-state index contributed by atoms with van der Waals surface area (Å²) in [6, 6.07) is 0. The van der Waals surface area contributed by atoms with E-state index in [1.807, 2.05) is 0 Å². The molecule has 0 fully saturated rings. The molecule has 0 unspecified atom stereocenters. The number of aliphatic hydroxyl groups excluding tert-OH is 1. The van der Waals surface area contributed by atoms with E-state index in [1.165, 1.54) is 0 Å². The summed E-state index contributed by atoms with van der Waals surface area (Å²) in [5, 5.41) is 8.27. The first-order valence-corrected chi connectivity index (χ1v) is 3.26. The van der Waals surface area contributed by atoms with Crippen LogP contribution in [0.4, 0.5) is 0 Å². The van der Waals surface area contributed by atoms with E-state index in [9.17, 15) is 0 Å². The van der Waals surface area contributed by atoms with Gasteiger partial charge in [0.25, 0.3) is 0 Å². The second-order valence-corrected chi connectivity index (χ2v) is 1.96. The molecule has 0 aliphatic heterocycles. The molecule has 0 bridgehead atoms. The molecule has 0 aromatic heterocycles. The van der Waals surface area contributed by atoms with E-state index in [1.54, 1.807) is 0 Å². The van der Waals surface area contributed by atoms with Crippen molar-refractivity contribution in [2.45, 2.75) is 19.3 Å².